The quantitative estimate of drug-likeness (QED) is 0.701. The summed E-state index contributed by atoms with van der Waals surface area (Å²) in [6, 6.07) is -0.580. The highest BCUT2D eigenvalue weighted by Crippen LogP contribution is 2.34. The lowest BCUT2D eigenvalue weighted by Crippen LogP contribution is -2.48. The van der Waals surface area contributed by atoms with Crippen LogP contribution in [0, 0.1) is 11.3 Å². The van der Waals surface area contributed by atoms with E-state index in [1.807, 2.05) is 13.8 Å². The Hall–Kier alpha value is -1.26. The van der Waals surface area contributed by atoms with Crippen LogP contribution in [0.25, 0.3) is 0 Å². The molecule has 20 heavy (non-hydrogen) atoms. The first-order chi connectivity index (χ1) is 9.32. The summed E-state index contributed by atoms with van der Waals surface area (Å²) in [7, 11) is 0. The van der Waals surface area contributed by atoms with Gasteiger partial charge in [-0.3, -0.25) is 4.79 Å². The Labute approximate surface area is 121 Å². The van der Waals surface area contributed by atoms with E-state index in [1.165, 1.54) is 19.3 Å². The molecule has 0 bridgehead atoms. The molecule has 5 heteroatoms. The normalized spacial score (nSPS) is 19.4. The number of carbonyl (C=O) groups is 2. The van der Waals surface area contributed by atoms with E-state index in [0.717, 1.165) is 12.8 Å². The molecule has 2 amide bonds. The summed E-state index contributed by atoms with van der Waals surface area (Å²) in [5.41, 5.74) is 0.190. The van der Waals surface area contributed by atoms with Gasteiger partial charge in [-0.15, -0.1) is 0 Å². The molecule has 0 aliphatic heterocycles. The van der Waals surface area contributed by atoms with Crippen molar-refractivity contribution in [3.63, 3.8) is 0 Å². The van der Waals surface area contributed by atoms with Crippen LogP contribution in [0.1, 0.15) is 59.3 Å². The number of aliphatic carboxylic acids is 1. The third-order valence-electron chi connectivity index (χ3n) is 4.25. The molecule has 0 aromatic carbocycles. The SMILES string of the molecule is CC(C)C(CC(=O)O)NC(=O)NCC1(C)CCCCC1. The van der Waals surface area contributed by atoms with E-state index in [9.17, 15) is 9.59 Å². The molecular formula is C15H28N2O3. The Balaban J connectivity index is 2.39. The number of rotatable bonds is 6. The third kappa shape index (κ3) is 5.80. The van der Waals surface area contributed by atoms with Crippen LogP contribution in [-0.4, -0.2) is 29.7 Å². The molecule has 0 heterocycles. The maximum absolute atomic E-state index is 11.9. The average Bonchev–Trinajstić information content (AvgIpc) is 2.36. The third-order valence-corrected chi connectivity index (χ3v) is 4.25. The molecule has 1 atom stereocenters. The number of nitrogens with one attached hydrogen (secondary N) is 2. The Bertz CT molecular complexity index is 336. The molecule has 0 radical (unpaired) electrons. The summed E-state index contributed by atoms with van der Waals surface area (Å²) in [4.78, 5) is 22.7. The first-order valence-electron chi connectivity index (χ1n) is 7.58. The largest absolute Gasteiger partial charge is 0.481 e. The maximum Gasteiger partial charge on any atom is 0.315 e. The van der Waals surface area contributed by atoms with Crippen molar-refractivity contribution in [1.82, 2.24) is 10.6 Å². The Kier molecular flexibility index (Phi) is 6.30. The van der Waals surface area contributed by atoms with Gasteiger partial charge in [0.25, 0.3) is 0 Å². The number of carbonyl (C=O) groups excluding carboxylic acids is 1. The van der Waals surface area contributed by atoms with Gasteiger partial charge in [0, 0.05) is 12.6 Å². The lowest BCUT2D eigenvalue weighted by Gasteiger charge is -2.34. The van der Waals surface area contributed by atoms with Gasteiger partial charge in [0.05, 0.1) is 6.42 Å². The van der Waals surface area contributed by atoms with Gasteiger partial charge in [-0.1, -0.05) is 40.0 Å². The minimum Gasteiger partial charge on any atom is -0.481 e. The topological polar surface area (TPSA) is 78.4 Å². The number of carboxylic acids is 1. The fourth-order valence-electron chi connectivity index (χ4n) is 2.74. The van der Waals surface area contributed by atoms with Crippen LogP contribution in [-0.2, 0) is 4.79 Å². The average molecular weight is 284 g/mol. The van der Waals surface area contributed by atoms with Gasteiger partial charge in [-0.25, -0.2) is 4.79 Å². The zero-order chi connectivity index (χ0) is 15.2. The van der Waals surface area contributed by atoms with E-state index in [4.69, 9.17) is 5.11 Å². The second-order valence-corrected chi connectivity index (χ2v) is 6.65. The highest BCUT2D eigenvalue weighted by Gasteiger charge is 2.27. The monoisotopic (exact) mass is 284 g/mol. The summed E-state index contributed by atoms with van der Waals surface area (Å²) < 4.78 is 0. The number of hydrogen-bond donors (Lipinski definition) is 3. The van der Waals surface area contributed by atoms with E-state index in [2.05, 4.69) is 17.6 Å². The first kappa shape index (κ1) is 16.8. The number of hydrogen-bond acceptors (Lipinski definition) is 2. The number of urea groups is 1. The summed E-state index contributed by atoms with van der Waals surface area (Å²) in [5, 5.41) is 14.5. The standard InChI is InChI=1S/C15H28N2O3/c1-11(2)12(9-13(18)19)17-14(20)16-10-15(3)7-5-4-6-8-15/h11-12H,4-10H2,1-3H3,(H,18,19)(H2,16,17,20). The van der Waals surface area contributed by atoms with Crippen molar-refractivity contribution in [1.29, 1.82) is 0 Å². The van der Waals surface area contributed by atoms with Crippen LogP contribution in [0.2, 0.25) is 0 Å². The number of amides is 2. The van der Waals surface area contributed by atoms with Crippen LogP contribution in [0.15, 0.2) is 0 Å². The van der Waals surface area contributed by atoms with Gasteiger partial charge in [0.2, 0.25) is 0 Å². The van der Waals surface area contributed by atoms with Gasteiger partial charge >= 0.3 is 12.0 Å². The predicted octanol–water partition coefficient (Wildman–Crippen LogP) is 2.76. The summed E-state index contributed by atoms with van der Waals surface area (Å²) in [5.74, 6) is -0.787. The van der Waals surface area contributed by atoms with Gasteiger partial charge in [0.1, 0.15) is 0 Å². The van der Waals surface area contributed by atoms with Gasteiger partial charge in [0.15, 0.2) is 0 Å². The fourth-order valence-corrected chi connectivity index (χ4v) is 2.74. The zero-order valence-corrected chi connectivity index (χ0v) is 12.9. The molecule has 1 fully saturated rings. The van der Waals surface area contributed by atoms with E-state index in [0.29, 0.717) is 6.54 Å². The van der Waals surface area contributed by atoms with Crippen LogP contribution < -0.4 is 10.6 Å². The van der Waals surface area contributed by atoms with Crippen molar-refractivity contribution in [2.45, 2.75) is 65.3 Å². The molecule has 1 aliphatic carbocycles. The maximum atomic E-state index is 11.9. The molecule has 1 rings (SSSR count). The van der Waals surface area contributed by atoms with E-state index in [1.54, 1.807) is 0 Å². The smallest absolute Gasteiger partial charge is 0.315 e. The van der Waals surface area contributed by atoms with Crippen molar-refractivity contribution in [2.75, 3.05) is 6.54 Å². The molecule has 1 saturated carbocycles. The first-order valence-corrected chi connectivity index (χ1v) is 7.58. The zero-order valence-electron chi connectivity index (χ0n) is 12.9. The fraction of sp³-hybridized carbons (Fsp3) is 0.867. The Morgan fingerprint density at radius 3 is 2.30 bits per heavy atom. The summed E-state index contributed by atoms with van der Waals surface area (Å²) in [6.07, 6.45) is 6.01. The molecule has 0 aromatic rings. The second kappa shape index (κ2) is 7.50. The van der Waals surface area contributed by atoms with Crippen molar-refractivity contribution in [3.8, 4) is 0 Å². The number of carboxylic acid groups (broad SMARTS) is 1. The molecule has 0 spiro atoms. The molecule has 116 valence electrons. The van der Waals surface area contributed by atoms with E-state index < -0.39 is 5.97 Å². The summed E-state index contributed by atoms with van der Waals surface area (Å²) >= 11 is 0. The van der Waals surface area contributed by atoms with Crippen molar-refractivity contribution >= 4 is 12.0 Å². The Morgan fingerprint density at radius 2 is 1.80 bits per heavy atom. The lowest BCUT2D eigenvalue weighted by molar-refractivity contribution is -0.137. The minimum atomic E-state index is -0.886. The van der Waals surface area contributed by atoms with Crippen molar-refractivity contribution < 1.29 is 14.7 Å². The van der Waals surface area contributed by atoms with Crippen molar-refractivity contribution in [2.24, 2.45) is 11.3 Å². The van der Waals surface area contributed by atoms with Gasteiger partial charge < -0.3 is 15.7 Å². The molecular weight excluding hydrogens is 256 g/mol. The lowest BCUT2D eigenvalue weighted by atomic mass is 9.76. The molecule has 3 N–H and O–H groups in total. The molecule has 0 saturated heterocycles. The highest BCUT2D eigenvalue weighted by molar-refractivity contribution is 5.75. The molecule has 1 aliphatic rings. The highest BCUT2D eigenvalue weighted by atomic mass is 16.4. The second-order valence-electron chi connectivity index (χ2n) is 6.65. The van der Waals surface area contributed by atoms with Crippen molar-refractivity contribution in [3.05, 3.63) is 0 Å². The van der Waals surface area contributed by atoms with Crippen LogP contribution in [0.5, 0.6) is 0 Å². The van der Waals surface area contributed by atoms with E-state index >= 15 is 0 Å². The predicted molar refractivity (Wildman–Crippen MR) is 78.6 cm³/mol. The Morgan fingerprint density at radius 1 is 1.20 bits per heavy atom. The van der Waals surface area contributed by atoms with Gasteiger partial charge in [-0.05, 0) is 24.2 Å². The molecule has 5 nitrogen and oxygen atoms in total. The molecule has 0 aromatic heterocycles. The molecule has 1 unspecified atom stereocenters. The van der Waals surface area contributed by atoms with E-state index in [-0.39, 0.29) is 29.8 Å². The van der Waals surface area contributed by atoms with Gasteiger partial charge in [-0.2, -0.15) is 0 Å². The van der Waals surface area contributed by atoms with Crippen LogP contribution in [0.3, 0.4) is 0 Å². The minimum absolute atomic E-state index is 0.0393. The van der Waals surface area contributed by atoms with Crippen LogP contribution >= 0.6 is 0 Å². The summed E-state index contributed by atoms with van der Waals surface area (Å²) in [6.45, 7) is 6.70. The van der Waals surface area contributed by atoms with Crippen LogP contribution in [0.4, 0.5) is 4.79 Å².